The van der Waals surface area contributed by atoms with E-state index < -0.39 is 26.4 Å². The van der Waals surface area contributed by atoms with Crippen molar-refractivity contribution in [1.82, 2.24) is 20.3 Å². The predicted octanol–water partition coefficient (Wildman–Crippen LogP) is 3.40. The molecule has 1 saturated heterocycles. The molecule has 1 aliphatic rings. The van der Waals surface area contributed by atoms with Crippen LogP contribution < -0.4 is 10.1 Å². The third kappa shape index (κ3) is 5.39. The van der Waals surface area contributed by atoms with Crippen LogP contribution in [0.4, 0.5) is 8.78 Å². The minimum atomic E-state index is -4.81. The molecule has 4 heterocycles. The topological polar surface area (TPSA) is 120 Å². The Kier molecular flexibility index (Phi) is 6.76. The highest BCUT2D eigenvalue weighted by atomic mass is 32.2. The highest BCUT2D eigenvalue weighted by Gasteiger charge is 2.27. The molecule has 0 spiro atoms. The molecule has 0 bridgehead atoms. The molecule has 0 atom stereocenters. The molecule has 0 saturated carbocycles. The molecule has 0 unspecified atom stereocenters. The fourth-order valence-corrected chi connectivity index (χ4v) is 4.33. The highest BCUT2D eigenvalue weighted by Crippen LogP contribution is 2.23. The third-order valence-electron chi connectivity index (χ3n) is 5.65. The first-order valence-electron chi connectivity index (χ1n) is 11.2. The molecule has 1 aliphatic heterocycles. The number of halogens is 2. The Hall–Kier alpha value is -4.03. The molecule has 9 nitrogen and oxygen atoms in total. The molecule has 190 valence electrons. The Morgan fingerprint density at radius 1 is 1.08 bits per heavy atom. The van der Waals surface area contributed by atoms with Gasteiger partial charge in [0, 0.05) is 35.0 Å². The fraction of sp³-hybridized carbons (Fsp3) is 0.200. The van der Waals surface area contributed by atoms with Crippen molar-refractivity contribution in [3.05, 3.63) is 78.2 Å². The Labute approximate surface area is 210 Å². The number of amides is 1. The van der Waals surface area contributed by atoms with Gasteiger partial charge in [-0.15, -0.1) is 0 Å². The molecule has 1 fully saturated rings. The molecule has 0 aliphatic carbocycles. The summed E-state index contributed by atoms with van der Waals surface area (Å²) in [5, 5.41) is 3.41. The van der Waals surface area contributed by atoms with E-state index in [-0.39, 0.29) is 18.2 Å². The van der Waals surface area contributed by atoms with E-state index in [1.165, 1.54) is 12.1 Å². The summed E-state index contributed by atoms with van der Waals surface area (Å²) in [5.41, 5.74) is 2.58. The summed E-state index contributed by atoms with van der Waals surface area (Å²) in [6, 6.07) is 13.6. The number of ether oxygens (including phenoxy) is 2. The van der Waals surface area contributed by atoms with Gasteiger partial charge in [0.25, 0.3) is 5.91 Å². The number of aromatic nitrogens is 3. The van der Waals surface area contributed by atoms with Gasteiger partial charge in [0.05, 0.1) is 41.6 Å². The summed E-state index contributed by atoms with van der Waals surface area (Å²) in [4.78, 5) is 25.2. The van der Waals surface area contributed by atoms with Gasteiger partial charge in [-0.3, -0.25) is 9.78 Å². The van der Waals surface area contributed by atoms with E-state index in [0.29, 0.717) is 36.0 Å². The summed E-state index contributed by atoms with van der Waals surface area (Å²) < 4.78 is 59.8. The van der Waals surface area contributed by atoms with Gasteiger partial charge in [-0.1, -0.05) is 6.07 Å². The van der Waals surface area contributed by atoms with Crippen molar-refractivity contribution in [3.8, 4) is 17.1 Å². The molecule has 1 amide bonds. The minimum absolute atomic E-state index is 0.0188. The number of pyridine rings is 3. The van der Waals surface area contributed by atoms with Crippen molar-refractivity contribution in [1.29, 1.82) is 0 Å². The summed E-state index contributed by atoms with van der Waals surface area (Å²) in [6.45, 7) is 1.13. The van der Waals surface area contributed by atoms with Crippen LogP contribution in [0.2, 0.25) is 0 Å². The number of fused-ring (bicyclic) bond motifs is 1. The zero-order chi connectivity index (χ0) is 26.0. The van der Waals surface area contributed by atoms with Gasteiger partial charge in [0.15, 0.2) is 0 Å². The predicted molar refractivity (Wildman–Crippen MR) is 129 cm³/mol. The second-order valence-corrected chi connectivity index (χ2v) is 10.2. The van der Waals surface area contributed by atoms with Crippen LogP contribution in [0.3, 0.4) is 0 Å². The van der Waals surface area contributed by atoms with Crippen LogP contribution in [0.5, 0.6) is 5.88 Å². The monoisotopic (exact) mass is 526 g/mol. The van der Waals surface area contributed by atoms with E-state index in [0.717, 1.165) is 23.1 Å². The van der Waals surface area contributed by atoms with E-state index in [1.54, 1.807) is 24.5 Å². The second-order valence-electron chi connectivity index (χ2n) is 8.24. The molecule has 1 N–H and O–H groups in total. The number of carbonyl (C=O) groups excluding carboxylic acids is 1. The van der Waals surface area contributed by atoms with E-state index in [4.69, 9.17) is 9.47 Å². The maximum atomic E-state index is 12.8. The van der Waals surface area contributed by atoms with Gasteiger partial charge in [0.1, 0.15) is 6.10 Å². The number of sulfone groups is 1. The van der Waals surface area contributed by atoms with Gasteiger partial charge in [-0.05, 0) is 42.5 Å². The van der Waals surface area contributed by atoms with E-state index in [1.807, 2.05) is 18.2 Å². The van der Waals surface area contributed by atoms with Crippen molar-refractivity contribution in [3.63, 3.8) is 0 Å². The van der Waals surface area contributed by atoms with Crippen molar-refractivity contribution in [2.75, 3.05) is 13.2 Å². The normalized spacial score (nSPS) is 13.9. The number of benzene rings is 1. The number of nitrogens with one attached hydrogen (secondary N) is 1. The minimum Gasteiger partial charge on any atom is -0.469 e. The van der Waals surface area contributed by atoms with Crippen LogP contribution in [0.1, 0.15) is 16.1 Å². The second kappa shape index (κ2) is 10.1. The standard InChI is InChI=1S/C25H20F2N4O5S/c26-25(27)37(33,34)20-3-1-2-15(8-20)24(32)30-12-18-9-22-17(10-28-18)4-6-21(31-22)16-5-7-23(29-11-16)36-19-13-35-14-19/h1-11,19,25H,12-14H2,(H,30,32). The molecule has 5 rings (SSSR count). The summed E-state index contributed by atoms with van der Waals surface area (Å²) in [6.07, 6.45) is 3.32. The quantitative estimate of drug-likeness (QED) is 0.371. The molecule has 12 heteroatoms. The Morgan fingerprint density at radius 2 is 1.92 bits per heavy atom. The maximum absolute atomic E-state index is 12.8. The van der Waals surface area contributed by atoms with Gasteiger partial charge in [0.2, 0.25) is 15.7 Å². The first-order chi connectivity index (χ1) is 17.8. The first kappa shape index (κ1) is 24.7. The summed E-state index contributed by atoms with van der Waals surface area (Å²) in [7, 11) is -4.81. The van der Waals surface area contributed by atoms with E-state index in [9.17, 15) is 22.0 Å². The SMILES string of the molecule is O=C(NCc1cc2nc(-c3ccc(OC4COC4)nc3)ccc2cn1)c1cccc(S(=O)(=O)C(F)F)c1. The Bertz CT molecular complexity index is 1560. The smallest absolute Gasteiger partial charge is 0.341 e. The van der Waals surface area contributed by atoms with Crippen molar-refractivity contribution in [2.45, 2.75) is 23.3 Å². The molecule has 4 aromatic rings. The average Bonchev–Trinajstić information content (AvgIpc) is 2.89. The lowest BCUT2D eigenvalue weighted by Gasteiger charge is -2.26. The van der Waals surface area contributed by atoms with Gasteiger partial charge < -0.3 is 14.8 Å². The first-order valence-corrected chi connectivity index (χ1v) is 12.7. The lowest BCUT2D eigenvalue weighted by atomic mass is 10.1. The maximum Gasteiger partial charge on any atom is 0.341 e. The third-order valence-corrected chi connectivity index (χ3v) is 7.03. The van der Waals surface area contributed by atoms with Gasteiger partial charge in [-0.2, -0.15) is 8.78 Å². The molecule has 37 heavy (non-hydrogen) atoms. The lowest BCUT2D eigenvalue weighted by Crippen LogP contribution is -2.38. The largest absolute Gasteiger partial charge is 0.469 e. The van der Waals surface area contributed by atoms with Crippen LogP contribution in [-0.2, 0) is 21.1 Å². The van der Waals surface area contributed by atoms with Gasteiger partial charge >= 0.3 is 5.76 Å². The molecule has 3 aromatic heterocycles. The van der Waals surface area contributed by atoms with E-state index in [2.05, 4.69) is 20.3 Å². The van der Waals surface area contributed by atoms with Crippen LogP contribution >= 0.6 is 0 Å². The zero-order valence-corrected chi connectivity index (χ0v) is 20.0. The van der Waals surface area contributed by atoms with E-state index >= 15 is 0 Å². The molecular formula is C25H20F2N4O5S. The van der Waals surface area contributed by atoms with Crippen molar-refractivity contribution >= 4 is 26.6 Å². The van der Waals surface area contributed by atoms with Crippen molar-refractivity contribution < 1.29 is 31.5 Å². The van der Waals surface area contributed by atoms with Crippen LogP contribution in [0, 0.1) is 0 Å². The van der Waals surface area contributed by atoms with Crippen LogP contribution in [-0.4, -0.2) is 54.4 Å². The summed E-state index contributed by atoms with van der Waals surface area (Å²) >= 11 is 0. The Morgan fingerprint density at radius 3 is 2.62 bits per heavy atom. The number of alkyl halides is 2. The molecular weight excluding hydrogens is 506 g/mol. The van der Waals surface area contributed by atoms with Crippen LogP contribution in [0.25, 0.3) is 22.2 Å². The lowest BCUT2D eigenvalue weighted by molar-refractivity contribution is -0.0813. The number of hydrogen-bond acceptors (Lipinski definition) is 8. The molecule has 1 aromatic carbocycles. The van der Waals surface area contributed by atoms with Crippen LogP contribution in [0.15, 0.2) is 71.9 Å². The summed E-state index contributed by atoms with van der Waals surface area (Å²) in [5.74, 6) is -3.69. The highest BCUT2D eigenvalue weighted by molar-refractivity contribution is 7.91. The van der Waals surface area contributed by atoms with Crippen molar-refractivity contribution in [2.24, 2.45) is 0 Å². The molecule has 0 radical (unpaired) electrons. The fourth-order valence-electron chi connectivity index (χ4n) is 3.56. The number of hydrogen-bond donors (Lipinski definition) is 1. The number of nitrogens with zero attached hydrogens (tertiary/aromatic N) is 3. The van der Waals surface area contributed by atoms with Gasteiger partial charge in [-0.25, -0.2) is 18.4 Å². The number of carbonyl (C=O) groups is 1. The zero-order valence-electron chi connectivity index (χ0n) is 19.2. The average molecular weight is 527 g/mol. The number of rotatable bonds is 8. The Balaban J connectivity index is 1.29.